The molecule has 0 heterocycles. The Bertz CT molecular complexity index is 625. The van der Waals surface area contributed by atoms with Crippen molar-refractivity contribution in [2.24, 2.45) is 0 Å². The summed E-state index contributed by atoms with van der Waals surface area (Å²) in [7, 11) is 0. The first kappa shape index (κ1) is 16.0. The first-order valence-corrected chi connectivity index (χ1v) is 7.36. The maximum absolute atomic E-state index is 12.0. The van der Waals surface area contributed by atoms with Gasteiger partial charge in [-0.3, -0.25) is 4.79 Å². The minimum absolute atomic E-state index is 0.0241. The third-order valence-corrected chi connectivity index (χ3v) is 3.32. The van der Waals surface area contributed by atoms with Crippen LogP contribution in [-0.2, 0) is 4.79 Å². The first-order valence-electron chi connectivity index (χ1n) is 7.36. The monoisotopic (exact) mass is 299 g/mol. The Labute approximate surface area is 130 Å². The lowest BCUT2D eigenvalue weighted by Crippen LogP contribution is -2.15. The summed E-state index contributed by atoms with van der Waals surface area (Å²) in [5.41, 5.74) is 2.40. The van der Waals surface area contributed by atoms with Crippen molar-refractivity contribution in [3.63, 3.8) is 0 Å². The van der Waals surface area contributed by atoms with Crippen molar-refractivity contribution in [2.45, 2.75) is 26.4 Å². The van der Waals surface area contributed by atoms with Crippen molar-refractivity contribution in [3.8, 4) is 5.75 Å². The highest BCUT2D eigenvalue weighted by atomic mass is 16.5. The molecular weight excluding hydrogens is 278 g/mol. The number of hydrogen-bond donors (Lipinski definition) is 2. The Morgan fingerprint density at radius 1 is 1.23 bits per heavy atom. The van der Waals surface area contributed by atoms with Gasteiger partial charge in [0.15, 0.2) is 0 Å². The fraction of sp³-hybridized carbons (Fsp3) is 0.278. The lowest BCUT2D eigenvalue weighted by molar-refractivity contribution is -0.118. The summed E-state index contributed by atoms with van der Waals surface area (Å²) in [4.78, 5) is 12.0. The Morgan fingerprint density at radius 3 is 2.59 bits per heavy atom. The second kappa shape index (κ2) is 7.61. The van der Waals surface area contributed by atoms with E-state index in [-0.39, 0.29) is 12.3 Å². The van der Waals surface area contributed by atoms with Crippen molar-refractivity contribution in [2.75, 3.05) is 11.9 Å². The van der Waals surface area contributed by atoms with Crippen LogP contribution >= 0.6 is 0 Å². The molecule has 1 atom stereocenters. The molecule has 2 aromatic rings. The first-order chi connectivity index (χ1) is 10.6. The summed E-state index contributed by atoms with van der Waals surface area (Å²) >= 11 is 0. The number of amides is 1. The van der Waals surface area contributed by atoms with Crippen LogP contribution in [0.25, 0.3) is 0 Å². The number of carbonyl (C=O) groups is 1. The summed E-state index contributed by atoms with van der Waals surface area (Å²) in [6, 6.07) is 14.7. The molecule has 4 nitrogen and oxygen atoms in total. The Kier molecular flexibility index (Phi) is 5.55. The van der Waals surface area contributed by atoms with Crippen LogP contribution in [0.1, 0.15) is 30.6 Å². The molecule has 1 amide bonds. The molecule has 4 heteroatoms. The Morgan fingerprint density at radius 2 is 1.95 bits per heavy atom. The number of benzene rings is 2. The van der Waals surface area contributed by atoms with Crippen molar-refractivity contribution in [3.05, 3.63) is 59.7 Å². The van der Waals surface area contributed by atoms with Gasteiger partial charge >= 0.3 is 0 Å². The quantitative estimate of drug-likeness (QED) is 0.859. The Hall–Kier alpha value is -2.33. The molecule has 0 saturated carbocycles. The van der Waals surface area contributed by atoms with Gasteiger partial charge in [-0.1, -0.05) is 30.3 Å². The number of nitrogens with one attached hydrogen (secondary N) is 1. The van der Waals surface area contributed by atoms with Crippen LogP contribution in [0.15, 0.2) is 48.5 Å². The van der Waals surface area contributed by atoms with E-state index >= 15 is 0 Å². The fourth-order valence-electron chi connectivity index (χ4n) is 2.23. The van der Waals surface area contributed by atoms with Crippen LogP contribution in [0.4, 0.5) is 5.69 Å². The number of ether oxygens (including phenoxy) is 1. The third-order valence-electron chi connectivity index (χ3n) is 3.32. The molecule has 0 aliphatic carbocycles. The van der Waals surface area contributed by atoms with Gasteiger partial charge in [-0.15, -0.1) is 0 Å². The summed E-state index contributed by atoms with van der Waals surface area (Å²) in [6.07, 6.45) is -0.777. The van der Waals surface area contributed by atoms with Crippen molar-refractivity contribution in [1.82, 2.24) is 0 Å². The minimum Gasteiger partial charge on any atom is -0.494 e. The van der Waals surface area contributed by atoms with Gasteiger partial charge in [0.2, 0.25) is 5.91 Å². The molecule has 0 saturated heterocycles. The zero-order chi connectivity index (χ0) is 15.9. The van der Waals surface area contributed by atoms with Gasteiger partial charge < -0.3 is 15.2 Å². The molecule has 2 rings (SSSR count). The average molecular weight is 299 g/mol. The van der Waals surface area contributed by atoms with Crippen molar-refractivity contribution >= 4 is 11.6 Å². The smallest absolute Gasteiger partial charge is 0.227 e. The van der Waals surface area contributed by atoms with Crippen LogP contribution in [0.3, 0.4) is 0 Å². The fourth-order valence-corrected chi connectivity index (χ4v) is 2.23. The Balaban J connectivity index is 1.96. The maximum Gasteiger partial charge on any atom is 0.227 e. The van der Waals surface area contributed by atoms with Crippen LogP contribution in [0.5, 0.6) is 5.75 Å². The molecular formula is C18H21NO3. The molecule has 22 heavy (non-hydrogen) atoms. The highest BCUT2D eigenvalue weighted by Gasteiger charge is 2.13. The van der Waals surface area contributed by atoms with Gasteiger partial charge in [0.25, 0.3) is 0 Å². The zero-order valence-electron chi connectivity index (χ0n) is 12.9. The molecule has 1 unspecified atom stereocenters. The van der Waals surface area contributed by atoms with Gasteiger partial charge in [0.05, 0.1) is 19.1 Å². The molecule has 0 aliphatic rings. The molecule has 0 fully saturated rings. The van der Waals surface area contributed by atoms with Crippen molar-refractivity contribution < 1.29 is 14.6 Å². The molecule has 2 N–H and O–H groups in total. The number of aryl methyl sites for hydroxylation is 1. The molecule has 0 aliphatic heterocycles. The number of carbonyl (C=O) groups excluding carboxylic acids is 1. The van der Waals surface area contributed by atoms with Crippen LogP contribution < -0.4 is 10.1 Å². The molecule has 0 bridgehead atoms. The summed E-state index contributed by atoms with van der Waals surface area (Å²) in [5.74, 6) is 0.588. The number of anilines is 1. The van der Waals surface area contributed by atoms with Crippen LogP contribution in [-0.4, -0.2) is 17.6 Å². The third kappa shape index (κ3) is 4.33. The zero-order valence-corrected chi connectivity index (χ0v) is 12.9. The van der Waals surface area contributed by atoms with E-state index in [1.807, 2.05) is 44.2 Å². The lowest BCUT2D eigenvalue weighted by Gasteiger charge is -2.13. The summed E-state index contributed by atoms with van der Waals surface area (Å²) in [5, 5.41) is 12.9. The van der Waals surface area contributed by atoms with Gasteiger partial charge in [0, 0.05) is 5.69 Å². The van der Waals surface area contributed by atoms with Gasteiger partial charge in [-0.2, -0.15) is 0 Å². The van der Waals surface area contributed by atoms with E-state index in [4.69, 9.17) is 4.74 Å². The second-order valence-corrected chi connectivity index (χ2v) is 5.09. The van der Waals surface area contributed by atoms with E-state index < -0.39 is 6.10 Å². The molecule has 116 valence electrons. The van der Waals surface area contributed by atoms with Crippen LogP contribution in [0.2, 0.25) is 0 Å². The standard InChI is InChI=1S/C18H21NO3/c1-3-22-17-10-9-15(11-13(17)2)19-18(21)12-16(20)14-7-5-4-6-8-14/h4-11,16,20H,3,12H2,1-2H3,(H,19,21). The minimum atomic E-state index is -0.801. The molecule has 2 aromatic carbocycles. The molecule has 0 aromatic heterocycles. The van der Waals surface area contributed by atoms with Gasteiger partial charge in [-0.25, -0.2) is 0 Å². The average Bonchev–Trinajstić information content (AvgIpc) is 2.51. The number of hydrogen-bond acceptors (Lipinski definition) is 3. The van der Waals surface area contributed by atoms with Gasteiger partial charge in [0.1, 0.15) is 5.75 Å². The normalized spacial score (nSPS) is 11.8. The highest BCUT2D eigenvalue weighted by Crippen LogP contribution is 2.23. The van der Waals surface area contributed by atoms with E-state index in [0.29, 0.717) is 12.3 Å². The summed E-state index contributed by atoms with van der Waals surface area (Å²) < 4.78 is 5.47. The number of rotatable bonds is 6. The number of aliphatic hydroxyl groups is 1. The van der Waals surface area contributed by atoms with E-state index in [1.165, 1.54) is 0 Å². The lowest BCUT2D eigenvalue weighted by atomic mass is 10.1. The van der Waals surface area contributed by atoms with Crippen molar-refractivity contribution in [1.29, 1.82) is 0 Å². The second-order valence-electron chi connectivity index (χ2n) is 5.09. The van der Waals surface area contributed by atoms with E-state index in [0.717, 1.165) is 16.9 Å². The topological polar surface area (TPSA) is 58.6 Å². The SMILES string of the molecule is CCOc1ccc(NC(=O)CC(O)c2ccccc2)cc1C. The highest BCUT2D eigenvalue weighted by molar-refractivity contribution is 5.91. The number of aliphatic hydroxyl groups excluding tert-OH is 1. The predicted molar refractivity (Wildman–Crippen MR) is 87.0 cm³/mol. The summed E-state index contributed by atoms with van der Waals surface area (Å²) in [6.45, 7) is 4.47. The van der Waals surface area contributed by atoms with E-state index in [9.17, 15) is 9.90 Å². The van der Waals surface area contributed by atoms with E-state index in [1.54, 1.807) is 18.2 Å². The van der Waals surface area contributed by atoms with Crippen LogP contribution in [0, 0.1) is 6.92 Å². The molecule has 0 radical (unpaired) electrons. The largest absolute Gasteiger partial charge is 0.494 e. The predicted octanol–water partition coefficient (Wildman–Crippen LogP) is 3.46. The molecule has 0 spiro atoms. The maximum atomic E-state index is 12.0. The van der Waals surface area contributed by atoms with Gasteiger partial charge in [-0.05, 0) is 43.2 Å². The van der Waals surface area contributed by atoms with E-state index in [2.05, 4.69) is 5.32 Å².